The minimum Gasteiger partial charge on any atom is -0.479 e. The zero-order valence-corrected chi connectivity index (χ0v) is 22.2. The second-order valence-electron chi connectivity index (χ2n) is 9.76. The molecule has 11 nitrogen and oxygen atoms in total. The third-order valence-electron chi connectivity index (χ3n) is 5.82. The van der Waals surface area contributed by atoms with Crippen molar-refractivity contribution < 1.29 is 29.0 Å². The second-order valence-corrected chi connectivity index (χ2v) is 10.6. The van der Waals surface area contributed by atoms with E-state index in [0.717, 1.165) is 4.90 Å². The van der Waals surface area contributed by atoms with Crippen LogP contribution >= 0.6 is 23.2 Å². The van der Waals surface area contributed by atoms with E-state index in [2.05, 4.69) is 10.7 Å². The number of carbonyl (C=O) groups excluding carboxylic acids is 3. The first-order chi connectivity index (χ1) is 17.7. The molecule has 38 heavy (non-hydrogen) atoms. The van der Waals surface area contributed by atoms with Crippen LogP contribution in [0.5, 0.6) is 0 Å². The van der Waals surface area contributed by atoms with Crippen LogP contribution in [-0.2, 0) is 9.53 Å². The first-order valence-electron chi connectivity index (χ1n) is 11.4. The molecule has 5 N–H and O–H groups in total. The quantitative estimate of drug-likeness (QED) is 0.320. The molecule has 0 bridgehead atoms. The fourth-order valence-electron chi connectivity index (χ4n) is 4.33. The number of urea groups is 1. The number of anilines is 3. The second kappa shape index (κ2) is 9.82. The number of hydrogen-bond acceptors (Lipinski definition) is 7. The van der Waals surface area contributed by atoms with E-state index >= 15 is 0 Å². The van der Waals surface area contributed by atoms with E-state index in [1.165, 1.54) is 18.2 Å². The minimum absolute atomic E-state index is 0.0543. The zero-order chi connectivity index (χ0) is 28.0. The highest BCUT2D eigenvalue weighted by Crippen LogP contribution is 2.46. The Labute approximate surface area is 228 Å². The molecule has 3 amide bonds. The van der Waals surface area contributed by atoms with Crippen molar-refractivity contribution in [3.63, 3.8) is 0 Å². The van der Waals surface area contributed by atoms with E-state index < -0.39 is 35.0 Å². The third kappa shape index (κ3) is 5.00. The number of nitrogens with one attached hydrogen (secondary N) is 2. The number of Topliss-reactive ketones (excluding diaryl/α,β-unsaturated/α-hetero) is 1. The van der Waals surface area contributed by atoms with Gasteiger partial charge in [-0.15, -0.1) is 0 Å². The normalized spacial score (nSPS) is 20.0. The Bertz CT molecular complexity index is 1370. The maximum Gasteiger partial charge on any atom is 0.416 e. The molecule has 2 aromatic rings. The highest BCUT2D eigenvalue weighted by Gasteiger charge is 2.60. The Balaban J connectivity index is 1.75. The van der Waals surface area contributed by atoms with Gasteiger partial charge in [0.2, 0.25) is 11.3 Å². The van der Waals surface area contributed by atoms with Gasteiger partial charge in [-0.05, 0) is 68.8 Å². The average molecular weight is 562 g/mol. The number of carbonyl (C=O) groups is 4. The summed E-state index contributed by atoms with van der Waals surface area (Å²) in [4.78, 5) is 51.9. The monoisotopic (exact) mass is 561 g/mol. The van der Waals surface area contributed by atoms with Gasteiger partial charge in [-0.2, -0.15) is 0 Å². The predicted octanol–water partition coefficient (Wildman–Crippen LogP) is 4.20. The number of rotatable bonds is 4. The molecule has 4 rings (SSSR count). The predicted molar refractivity (Wildman–Crippen MR) is 143 cm³/mol. The van der Waals surface area contributed by atoms with E-state index in [0.29, 0.717) is 16.9 Å². The summed E-state index contributed by atoms with van der Waals surface area (Å²) >= 11 is 12.5. The van der Waals surface area contributed by atoms with Crippen molar-refractivity contribution in [2.45, 2.75) is 31.9 Å². The molecule has 2 heterocycles. The Morgan fingerprint density at radius 3 is 2.42 bits per heavy atom. The molecule has 0 spiro atoms. The standard InChI is InChI=1S/C25H25Cl2N5O6/c1-24(2,3)38-23(37)32-18-9-14(26)8-17(27)19(18)20(33)25(32,21(34)35)10-13-11-29-31(12-13)16-6-4-15(5-7-16)30-22(28)36/h4-10,29H,11-12H2,1-3H3,(H,34,35)(H3,28,30,36)/b13-10+. The first kappa shape index (κ1) is 27.2. The van der Waals surface area contributed by atoms with Gasteiger partial charge in [0.15, 0.2) is 0 Å². The van der Waals surface area contributed by atoms with Gasteiger partial charge < -0.3 is 25.9 Å². The van der Waals surface area contributed by atoms with Gasteiger partial charge in [0.25, 0.3) is 0 Å². The molecule has 200 valence electrons. The van der Waals surface area contributed by atoms with Crippen molar-refractivity contribution in [3.8, 4) is 0 Å². The number of hydrogen-bond donors (Lipinski definition) is 4. The minimum atomic E-state index is -2.46. The SMILES string of the molecule is CC(C)(C)OC(=O)N1c2cc(Cl)cc(Cl)c2C(=O)C1(/C=C1\CNN(c2ccc(NC(N)=O)cc2)C1)C(=O)O. The lowest BCUT2D eigenvalue weighted by molar-refractivity contribution is -0.139. The lowest BCUT2D eigenvalue weighted by Gasteiger charge is -2.33. The molecule has 13 heteroatoms. The van der Waals surface area contributed by atoms with Crippen LogP contribution in [-0.4, -0.2) is 53.2 Å². The van der Waals surface area contributed by atoms with Crippen LogP contribution in [0.1, 0.15) is 31.1 Å². The van der Waals surface area contributed by atoms with E-state index in [1.807, 2.05) is 0 Å². The first-order valence-corrected chi connectivity index (χ1v) is 12.2. The summed E-state index contributed by atoms with van der Waals surface area (Å²) in [5.74, 6) is -2.47. The summed E-state index contributed by atoms with van der Waals surface area (Å²) in [6.45, 7) is 5.25. The fraction of sp³-hybridized carbons (Fsp3) is 0.280. The number of nitrogens with two attached hydrogens (primary N) is 1. The summed E-state index contributed by atoms with van der Waals surface area (Å²) < 4.78 is 5.50. The van der Waals surface area contributed by atoms with Gasteiger partial charge in [-0.1, -0.05) is 23.2 Å². The summed E-state index contributed by atoms with van der Waals surface area (Å²) in [7, 11) is 0. The Morgan fingerprint density at radius 2 is 1.84 bits per heavy atom. The topological polar surface area (TPSA) is 154 Å². The number of ether oxygens (including phenoxy) is 1. The van der Waals surface area contributed by atoms with Crippen LogP contribution in [0, 0.1) is 0 Å². The highest BCUT2D eigenvalue weighted by atomic mass is 35.5. The van der Waals surface area contributed by atoms with Crippen LogP contribution in [0.15, 0.2) is 48.0 Å². The highest BCUT2D eigenvalue weighted by molar-refractivity contribution is 6.42. The number of amides is 3. The number of fused-ring (bicyclic) bond motifs is 1. The molecule has 2 aliphatic rings. The van der Waals surface area contributed by atoms with Crippen LogP contribution < -0.4 is 26.4 Å². The molecule has 0 aromatic heterocycles. The van der Waals surface area contributed by atoms with Crippen molar-refractivity contribution in [1.29, 1.82) is 0 Å². The number of benzene rings is 2. The molecule has 2 aliphatic heterocycles. The molecule has 1 fully saturated rings. The Hall–Kier alpha value is -3.80. The van der Waals surface area contributed by atoms with Crippen molar-refractivity contribution in [3.05, 3.63) is 63.7 Å². The lowest BCUT2D eigenvalue weighted by Crippen LogP contribution is -2.58. The van der Waals surface area contributed by atoms with E-state index in [1.54, 1.807) is 50.0 Å². The zero-order valence-electron chi connectivity index (χ0n) is 20.7. The fourth-order valence-corrected chi connectivity index (χ4v) is 4.90. The molecule has 1 unspecified atom stereocenters. The third-order valence-corrected chi connectivity index (χ3v) is 6.34. The lowest BCUT2D eigenvalue weighted by atomic mass is 9.90. The number of ketones is 1. The molecule has 1 saturated heterocycles. The molecule has 0 saturated carbocycles. The number of halogens is 2. The van der Waals surface area contributed by atoms with Gasteiger partial charge in [-0.3, -0.25) is 4.79 Å². The molecular weight excluding hydrogens is 537 g/mol. The van der Waals surface area contributed by atoms with Gasteiger partial charge in [0.05, 0.1) is 28.5 Å². The summed E-state index contributed by atoms with van der Waals surface area (Å²) in [5, 5.41) is 14.7. The maximum atomic E-state index is 13.8. The number of primary amides is 1. The number of hydrazine groups is 1. The number of nitrogens with zero attached hydrogens (tertiary/aromatic N) is 2. The van der Waals surface area contributed by atoms with Crippen LogP contribution in [0.25, 0.3) is 0 Å². The van der Waals surface area contributed by atoms with Crippen LogP contribution in [0.4, 0.5) is 26.7 Å². The van der Waals surface area contributed by atoms with Crippen LogP contribution in [0.2, 0.25) is 10.0 Å². The number of aliphatic carboxylic acids is 1. The summed E-state index contributed by atoms with van der Waals surface area (Å²) in [6, 6.07) is 8.67. The summed E-state index contributed by atoms with van der Waals surface area (Å²) in [6.07, 6.45) is 0.213. The van der Waals surface area contributed by atoms with Crippen molar-refractivity contribution >= 4 is 64.1 Å². The smallest absolute Gasteiger partial charge is 0.416 e. The van der Waals surface area contributed by atoms with Crippen LogP contribution in [0.3, 0.4) is 0 Å². The van der Waals surface area contributed by atoms with Crippen molar-refractivity contribution in [2.75, 3.05) is 28.3 Å². The van der Waals surface area contributed by atoms with Gasteiger partial charge in [-0.25, -0.2) is 24.7 Å². The van der Waals surface area contributed by atoms with Crippen molar-refractivity contribution in [2.24, 2.45) is 5.73 Å². The Kier molecular flexibility index (Phi) is 7.04. The number of carboxylic acid groups (broad SMARTS) is 1. The van der Waals surface area contributed by atoms with E-state index in [-0.39, 0.29) is 34.4 Å². The number of carboxylic acids is 1. The maximum absolute atomic E-state index is 13.8. The van der Waals surface area contributed by atoms with E-state index in [4.69, 9.17) is 33.7 Å². The van der Waals surface area contributed by atoms with Gasteiger partial charge in [0.1, 0.15) is 5.60 Å². The molecule has 0 aliphatic carbocycles. The molecule has 1 atom stereocenters. The summed E-state index contributed by atoms with van der Waals surface area (Å²) in [5.41, 5.74) is 6.34. The largest absolute Gasteiger partial charge is 0.479 e. The molecule has 2 aromatic carbocycles. The Morgan fingerprint density at radius 1 is 1.18 bits per heavy atom. The van der Waals surface area contributed by atoms with E-state index in [9.17, 15) is 24.3 Å². The average Bonchev–Trinajstić information content (AvgIpc) is 3.34. The molecular formula is C25H25Cl2N5O6. The van der Waals surface area contributed by atoms with Gasteiger partial charge in [0, 0.05) is 17.3 Å². The van der Waals surface area contributed by atoms with Crippen molar-refractivity contribution in [1.82, 2.24) is 5.43 Å². The molecule has 0 radical (unpaired) electrons. The van der Waals surface area contributed by atoms with Gasteiger partial charge >= 0.3 is 18.1 Å².